The van der Waals surface area contributed by atoms with Crippen molar-refractivity contribution < 1.29 is 14.3 Å². The van der Waals surface area contributed by atoms with Gasteiger partial charge in [0.1, 0.15) is 5.92 Å². The number of rotatable bonds is 5. The number of hydrogen-bond acceptors (Lipinski definition) is 6. The summed E-state index contributed by atoms with van der Waals surface area (Å²) >= 11 is 0. The molecule has 3 unspecified atom stereocenters. The number of pyridine rings is 2. The summed E-state index contributed by atoms with van der Waals surface area (Å²) in [5.41, 5.74) is 1.44. The van der Waals surface area contributed by atoms with E-state index in [1.807, 2.05) is 30.3 Å². The lowest BCUT2D eigenvalue weighted by atomic mass is 9.81. The Morgan fingerprint density at radius 1 is 1.23 bits per heavy atom. The van der Waals surface area contributed by atoms with Crippen molar-refractivity contribution in [2.75, 3.05) is 13.7 Å². The number of ketones is 1. The van der Waals surface area contributed by atoms with E-state index in [-0.39, 0.29) is 18.2 Å². The van der Waals surface area contributed by atoms with Crippen molar-refractivity contribution in [3.63, 3.8) is 0 Å². The van der Waals surface area contributed by atoms with Gasteiger partial charge < -0.3 is 4.74 Å². The summed E-state index contributed by atoms with van der Waals surface area (Å²) < 4.78 is 4.92. The standard InChI is InChI=1S/C20H21N3O3/c1-3-12-23-16(14-8-4-6-10-21-14)13-17(24)18(20(25)26-2)19(23)15-9-5-7-11-22-15/h3-11,16,18-19H,1,12-13H2,2H3. The zero-order valence-corrected chi connectivity index (χ0v) is 14.6. The number of likely N-dealkylation sites (tertiary alicyclic amines) is 1. The van der Waals surface area contributed by atoms with Gasteiger partial charge in [-0.1, -0.05) is 18.2 Å². The predicted octanol–water partition coefficient (Wildman–Crippen LogP) is 2.51. The maximum absolute atomic E-state index is 12.9. The largest absolute Gasteiger partial charge is 0.468 e. The summed E-state index contributed by atoms with van der Waals surface area (Å²) in [5.74, 6) is -1.63. The minimum Gasteiger partial charge on any atom is -0.468 e. The number of methoxy groups -OCH3 is 1. The summed E-state index contributed by atoms with van der Waals surface area (Å²) in [6.07, 6.45) is 5.31. The summed E-state index contributed by atoms with van der Waals surface area (Å²) in [5, 5.41) is 0. The highest BCUT2D eigenvalue weighted by molar-refractivity contribution is 6.00. The second kappa shape index (κ2) is 8.01. The van der Waals surface area contributed by atoms with Crippen LogP contribution in [0.2, 0.25) is 0 Å². The van der Waals surface area contributed by atoms with Crippen LogP contribution in [0.15, 0.2) is 61.4 Å². The molecule has 2 aromatic rings. The van der Waals surface area contributed by atoms with E-state index in [0.29, 0.717) is 12.2 Å². The number of carbonyl (C=O) groups is 2. The fourth-order valence-electron chi connectivity index (χ4n) is 3.51. The Bertz CT molecular complexity index is 779. The minimum absolute atomic E-state index is 0.163. The highest BCUT2D eigenvalue weighted by Gasteiger charge is 2.48. The number of piperidine rings is 1. The normalized spacial score (nSPS) is 23.4. The van der Waals surface area contributed by atoms with Crippen LogP contribution < -0.4 is 0 Å². The van der Waals surface area contributed by atoms with E-state index in [4.69, 9.17) is 4.74 Å². The van der Waals surface area contributed by atoms with Crippen molar-refractivity contribution in [2.24, 2.45) is 5.92 Å². The number of esters is 1. The van der Waals surface area contributed by atoms with Crippen LogP contribution in [0.1, 0.15) is 29.9 Å². The van der Waals surface area contributed by atoms with E-state index in [0.717, 1.165) is 5.69 Å². The zero-order chi connectivity index (χ0) is 18.5. The van der Waals surface area contributed by atoms with Crippen LogP contribution in [0, 0.1) is 5.92 Å². The fourth-order valence-corrected chi connectivity index (χ4v) is 3.51. The average Bonchev–Trinajstić information content (AvgIpc) is 2.69. The third kappa shape index (κ3) is 3.41. The van der Waals surface area contributed by atoms with Gasteiger partial charge >= 0.3 is 5.97 Å². The molecule has 0 N–H and O–H groups in total. The maximum atomic E-state index is 12.9. The highest BCUT2D eigenvalue weighted by atomic mass is 16.5. The molecule has 1 fully saturated rings. The molecule has 26 heavy (non-hydrogen) atoms. The van der Waals surface area contributed by atoms with Gasteiger partial charge in [0.2, 0.25) is 0 Å². The van der Waals surface area contributed by atoms with Gasteiger partial charge in [0.15, 0.2) is 5.78 Å². The van der Waals surface area contributed by atoms with Gasteiger partial charge in [0.05, 0.1) is 30.6 Å². The number of nitrogens with zero attached hydrogens (tertiary/aromatic N) is 3. The van der Waals surface area contributed by atoms with Gasteiger partial charge in [-0.15, -0.1) is 6.58 Å². The number of Topliss-reactive ketones (excluding diaryl/α,β-unsaturated/α-hetero) is 1. The molecule has 6 nitrogen and oxygen atoms in total. The molecule has 0 aromatic carbocycles. The molecule has 134 valence electrons. The van der Waals surface area contributed by atoms with E-state index in [1.165, 1.54) is 7.11 Å². The molecule has 3 atom stereocenters. The molecule has 0 amide bonds. The summed E-state index contributed by atoms with van der Waals surface area (Å²) in [4.78, 5) is 36.2. The quantitative estimate of drug-likeness (QED) is 0.468. The lowest BCUT2D eigenvalue weighted by Gasteiger charge is -2.43. The molecule has 1 saturated heterocycles. The van der Waals surface area contributed by atoms with Gasteiger partial charge in [-0.05, 0) is 24.3 Å². The minimum atomic E-state index is -0.921. The molecule has 0 saturated carbocycles. The molecule has 0 bridgehead atoms. The zero-order valence-electron chi connectivity index (χ0n) is 14.6. The van der Waals surface area contributed by atoms with Crippen LogP contribution in [-0.4, -0.2) is 40.3 Å². The lowest BCUT2D eigenvalue weighted by Crippen LogP contribution is -2.49. The van der Waals surface area contributed by atoms with E-state index >= 15 is 0 Å². The molecule has 0 radical (unpaired) electrons. The molecular formula is C20H21N3O3. The maximum Gasteiger partial charge on any atom is 0.318 e. The monoisotopic (exact) mass is 351 g/mol. The predicted molar refractivity (Wildman–Crippen MR) is 96.0 cm³/mol. The van der Waals surface area contributed by atoms with Gasteiger partial charge in [0.25, 0.3) is 0 Å². The molecule has 1 aliphatic heterocycles. The van der Waals surface area contributed by atoms with Crippen LogP contribution in [0.25, 0.3) is 0 Å². The summed E-state index contributed by atoms with van der Waals surface area (Å²) in [6.45, 7) is 4.33. The average molecular weight is 351 g/mol. The highest BCUT2D eigenvalue weighted by Crippen LogP contribution is 2.42. The number of hydrogen-bond donors (Lipinski definition) is 0. The second-order valence-electron chi connectivity index (χ2n) is 6.13. The Morgan fingerprint density at radius 2 is 1.88 bits per heavy atom. The van der Waals surface area contributed by atoms with Crippen molar-refractivity contribution in [2.45, 2.75) is 18.5 Å². The van der Waals surface area contributed by atoms with Crippen molar-refractivity contribution in [3.8, 4) is 0 Å². The van der Waals surface area contributed by atoms with Crippen molar-refractivity contribution in [1.29, 1.82) is 0 Å². The topological polar surface area (TPSA) is 72.4 Å². The Hall–Kier alpha value is -2.86. The van der Waals surface area contributed by atoms with E-state index in [1.54, 1.807) is 24.5 Å². The Balaban J connectivity index is 2.11. The first-order valence-electron chi connectivity index (χ1n) is 8.46. The first-order valence-corrected chi connectivity index (χ1v) is 8.46. The van der Waals surface area contributed by atoms with E-state index in [2.05, 4.69) is 21.4 Å². The molecule has 2 aromatic heterocycles. The molecule has 6 heteroatoms. The Kier molecular flexibility index (Phi) is 5.53. The van der Waals surface area contributed by atoms with Crippen molar-refractivity contribution in [1.82, 2.24) is 14.9 Å². The van der Waals surface area contributed by atoms with Gasteiger partial charge in [-0.3, -0.25) is 24.5 Å². The number of ether oxygens (including phenoxy) is 1. The van der Waals surface area contributed by atoms with Crippen LogP contribution in [-0.2, 0) is 14.3 Å². The third-order valence-corrected chi connectivity index (χ3v) is 4.63. The van der Waals surface area contributed by atoms with Gasteiger partial charge in [0, 0.05) is 25.4 Å². The smallest absolute Gasteiger partial charge is 0.318 e. The number of carbonyl (C=O) groups excluding carboxylic acids is 2. The molecule has 0 aliphatic carbocycles. The van der Waals surface area contributed by atoms with Crippen LogP contribution >= 0.6 is 0 Å². The summed E-state index contributed by atoms with van der Waals surface area (Å²) in [7, 11) is 1.30. The van der Waals surface area contributed by atoms with Gasteiger partial charge in [-0.2, -0.15) is 0 Å². The first-order chi connectivity index (χ1) is 12.7. The SMILES string of the molecule is C=CCN1C(c2ccccn2)CC(=O)C(C(=O)OC)C1c1ccccn1. The third-order valence-electron chi connectivity index (χ3n) is 4.63. The Labute approximate surface area is 152 Å². The lowest BCUT2D eigenvalue weighted by molar-refractivity contribution is -0.157. The molecule has 3 rings (SSSR count). The molecule has 0 spiro atoms. The van der Waals surface area contributed by atoms with Crippen LogP contribution in [0.5, 0.6) is 0 Å². The molecular weight excluding hydrogens is 330 g/mol. The van der Waals surface area contributed by atoms with Crippen molar-refractivity contribution in [3.05, 3.63) is 72.8 Å². The number of aromatic nitrogens is 2. The van der Waals surface area contributed by atoms with E-state index in [9.17, 15) is 9.59 Å². The van der Waals surface area contributed by atoms with Crippen molar-refractivity contribution >= 4 is 11.8 Å². The first kappa shape index (κ1) is 17.9. The molecule has 1 aliphatic rings. The van der Waals surface area contributed by atoms with Gasteiger partial charge in [-0.25, -0.2) is 0 Å². The fraction of sp³-hybridized carbons (Fsp3) is 0.300. The Morgan fingerprint density at radius 3 is 2.42 bits per heavy atom. The summed E-state index contributed by atoms with van der Waals surface area (Å²) in [6, 6.07) is 10.3. The van der Waals surface area contributed by atoms with Crippen LogP contribution in [0.4, 0.5) is 0 Å². The second-order valence-corrected chi connectivity index (χ2v) is 6.13. The molecule has 3 heterocycles. The van der Waals surface area contributed by atoms with Crippen LogP contribution in [0.3, 0.4) is 0 Å². The van der Waals surface area contributed by atoms with E-state index < -0.39 is 17.9 Å².